The fourth-order valence-corrected chi connectivity index (χ4v) is 0.207. The first-order valence-electron chi connectivity index (χ1n) is 1.91. The number of nitrogens with zero attached hydrogens (tertiary/aromatic N) is 1. The first-order valence-corrected chi connectivity index (χ1v) is 1.91. The summed E-state index contributed by atoms with van der Waals surface area (Å²) in [4.78, 5) is 19.4. The number of methoxy groups -OCH3 is 1. The van der Waals surface area contributed by atoms with Crippen molar-refractivity contribution in [1.82, 2.24) is 5.32 Å². The van der Waals surface area contributed by atoms with Crippen molar-refractivity contribution >= 4 is 12.3 Å². The molecule has 0 saturated heterocycles. The number of imide groups is 1. The van der Waals surface area contributed by atoms with Gasteiger partial charge in [-0.05, 0) is 0 Å². The van der Waals surface area contributed by atoms with Crippen molar-refractivity contribution in [2.45, 2.75) is 0 Å². The normalized spacial score (nSPS) is 8.12. The van der Waals surface area contributed by atoms with Crippen LogP contribution in [0.1, 0.15) is 0 Å². The number of rotatable bonds is 3. The van der Waals surface area contributed by atoms with E-state index in [1.165, 1.54) is 7.11 Å². The third-order valence-corrected chi connectivity index (χ3v) is 0.438. The standard InChI is InChI=1S/C4H5NO3/c1-8-2-4(7)5-3-6/h2H2,1H3. The molecule has 2 amide bonds. The Labute approximate surface area is 46.8 Å². The first-order chi connectivity index (χ1) is 3.81. The van der Waals surface area contributed by atoms with Gasteiger partial charge in [-0.2, -0.15) is 5.32 Å². The van der Waals surface area contributed by atoms with Gasteiger partial charge in [0, 0.05) is 7.11 Å². The van der Waals surface area contributed by atoms with Gasteiger partial charge < -0.3 is 4.74 Å². The lowest BCUT2D eigenvalue weighted by Gasteiger charge is -1.88. The van der Waals surface area contributed by atoms with Crippen molar-refractivity contribution in [2.24, 2.45) is 0 Å². The molecule has 0 aromatic carbocycles. The maximum atomic E-state index is 10.1. The summed E-state index contributed by atoms with van der Waals surface area (Å²) in [6, 6.07) is 0. The van der Waals surface area contributed by atoms with E-state index in [9.17, 15) is 9.59 Å². The van der Waals surface area contributed by atoms with Crippen LogP contribution in [0, 0.1) is 0 Å². The molecule has 0 spiro atoms. The van der Waals surface area contributed by atoms with E-state index in [2.05, 4.69) is 10.1 Å². The van der Waals surface area contributed by atoms with Crippen LogP contribution in [0.15, 0.2) is 0 Å². The van der Waals surface area contributed by atoms with E-state index in [-0.39, 0.29) is 6.61 Å². The van der Waals surface area contributed by atoms with Gasteiger partial charge in [-0.25, -0.2) is 0 Å². The minimum Gasteiger partial charge on any atom is -0.375 e. The Kier molecular flexibility index (Phi) is 3.78. The number of hydrogen-bond donors (Lipinski definition) is 0. The van der Waals surface area contributed by atoms with E-state index in [1.807, 2.05) is 0 Å². The maximum absolute atomic E-state index is 10.1. The van der Waals surface area contributed by atoms with Crippen molar-refractivity contribution in [3.8, 4) is 0 Å². The highest BCUT2D eigenvalue weighted by atomic mass is 16.5. The van der Waals surface area contributed by atoms with Crippen LogP contribution in [-0.4, -0.2) is 26.0 Å². The van der Waals surface area contributed by atoms with Gasteiger partial charge in [-0.3, -0.25) is 9.59 Å². The third-order valence-electron chi connectivity index (χ3n) is 0.438. The number of ether oxygens (including phenoxy) is 1. The second-order valence-corrected chi connectivity index (χ2v) is 1.03. The molecular weight excluding hydrogens is 110 g/mol. The Morgan fingerprint density at radius 1 is 1.88 bits per heavy atom. The lowest BCUT2D eigenvalue weighted by molar-refractivity contribution is -0.123. The van der Waals surface area contributed by atoms with Crippen LogP contribution >= 0.6 is 0 Å². The Morgan fingerprint density at radius 3 is 2.88 bits per heavy atom. The van der Waals surface area contributed by atoms with E-state index in [4.69, 9.17) is 0 Å². The summed E-state index contributed by atoms with van der Waals surface area (Å²) in [5.74, 6) is -0.609. The molecule has 0 rings (SSSR count). The summed E-state index contributed by atoms with van der Waals surface area (Å²) in [6.07, 6.45) is 1.10. The molecule has 0 aromatic rings. The molecule has 0 bridgehead atoms. The lowest BCUT2D eigenvalue weighted by atomic mass is 10.7. The van der Waals surface area contributed by atoms with Crippen LogP contribution in [0.3, 0.4) is 0 Å². The zero-order valence-electron chi connectivity index (χ0n) is 4.38. The molecule has 2 radical (unpaired) electrons. The molecule has 4 nitrogen and oxygen atoms in total. The van der Waals surface area contributed by atoms with Crippen LogP contribution in [0.5, 0.6) is 0 Å². The average Bonchev–Trinajstić information content (AvgIpc) is 1.68. The van der Waals surface area contributed by atoms with E-state index < -0.39 is 5.91 Å². The van der Waals surface area contributed by atoms with Gasteiger partial charge in [-0.1, -0.05) is 0 Å². The molecule has 0 aromatic heterocycles. The maximum Gasteiger partial charge on any atom is 0.340 e. The predicted octanol–water partition coefficient (Wildman–Crippen LogP) is -1.17. The Balaban J connectivity index is 3.18. The summed E-state index contributed by atoms with van der Waals surface area (Å²) < 4.78 is 4.33. The third kappa shape index (κ3) is 3.30. The number of hydrogen-bond acceptors (Lipinski definition) is 3. The number of carbonyl (C=O) groups is 1. The average molecular weight is 115 g/mol. The van der Waals surface area contributed by atoms with Gasteiger partial charge >= 0.3 is 6.41 Å². The Bertz CT molecular complexity index is 91.3. The summed E-state index contributed by atoms with van der Waals surface area (Å²) in [6.45, 7) is -0.158. The second kappa shape index (κ2) is 4.26. The molecule has 0 aliphatic carbocycles. The number of carbonyl (C=O) groups excluding carboxylic acids is 2. The predicted molar refractivity (Wildman–Crippen MR) is 24.7 cm³/mol. The van der Waals surface area contributed by atoms with Crippen molar-refractivity contribution in [1.29, 1.82) is 0 Å². The van der Waals surface area contributed by atoms with Gasteiger partial charge in [0.2, 0.25) is 0 Å². The molecular formula is C4H5NO3. The smallest absolute Gasteiger partial charge is 0.340 e. The molecule has 0 aliphatic heterocycles. The minimum atomic E-state index is -0.609. The van der Waals surface area contributed by atoms with E-state index in [1.54, 1.807) is 0 Å². The summed E-state index contributed by atoms with van der Waals surface area (Å²) in [5.41, 5.74) is 0. The minimum absolute atomic E-state index is 0.158. The van der Waals surface area contributed by atoms with Crippen LogP contribution in [0.2, 0.25) is 0 Å². The van der Waals surface area contributed by atoms with Crippen molar-refractivity contribution in [3.63, 3.8) is 0 Å². The Morgan fingerprint density at radius 2 is 2.50 bits per heavy atom. The molecule has 0 aliphatic rings. The molecule has 0 unspecified atom stereocenters. The topological polar surface area (TPSA) is 57.5 Å². The molecule has 44 valence electrons. The van der Waals surface area contributed by atoms with Crippen LogP contribution in [-0.2, 0) is 14.3 Å². The Hall–Kier alpha value is -0.900. The van der Waals surface area contributed by atoms with Gasteiger partial charge in [0.1, 0.15) is 6.61 Å². The lowest BCUT2D eigenvalue weighted by Crippen LogP contribution is -2.18. The van der Waals surface area contributed by atoms with Crippen molar-refractivity contribution in [2.75, 3.05) is 13.7 Å². The first kappa shape index (κ1) is 7.10. The highest BCUT2D eigenvalue weighted by Crippen LogP contribution is 1.65. The molecule has 0 atom stereocenters. The summed E-state index contributed by atoms with van der Waals surface area (Å²) >= 11 is 0. The van der Waals surface area contributed by atoms with Crippen LogP contribution in [0.25, 0.3) is 0 Å². The fourth-order valence-electron chi connectivity index (χ4n) is 0.207. The van der Waals surface area contributed by atoms with Crippen molar-refractivity contribution < 1.29 is 14.3 Å². The number of amides is 2. The van der Waals surface area contributed by atoms with Gasteiger partial charge in [-0.15, -0.1) is 0 Å². The highest BCUT2D eigenvalue weighted by molar-refractivity contribution is 5.86. The second-order valence-electron chi connectivity index (χ2n) is 1.03. The van der Waals surface area contributed by atoms with Gasteiger partial charge in [0.15, 0.2) is 0 Å². The van der Waals surface area contributed by atoms with Gasteiger partial charge in [0.05, 0.1) is 0 Å². The largest absolute Gasteiger partial charge is 0.375 e. The zero-order valence-corrected chi connectivity index (χ0v) is 4.38. The van der Waals surface area contributed by atoms with E-state index in [0.717, 1.165) is 6.41 Å². The summed E-state index contributed by atoms with van der Waals surface area (Å²) in [7, 11) is 1.35. The molecule has 0 saturated carbocycles. The monoisotopic (exact) mass is 115 g/mol. The SMILES string of the molecule is COCC(=O)[N][C]=O. The highest BCUT2D eigenvalue weighted by Gasteiger charge is 1.97. The summed E-state index contributed by atoms with van der Waals surface area (Å²) in [5, 5.41) is 2.74. The molecule has 0 fully saturated rings. The van der Waals surface area contributed by atoms with E-state index in [0.29, 0.717) is 0 Å². The van der Waals surface area contributed by atoms with Crippen LogP contribution < -0.4 is 5.32 Å². The van der Waals surface area contributed by atoms with Gasteiger partial charge in [0.25, 0.3) is 5.91 Å². The molecule has 0 heterocycles. The fraction of sp³-hybridized carbons (Fsp3) is 0.500. The quantitative estimate of drug-likeness (QED) is 0.465. The molecule has 8 heavy (non-hydrogen) atoms. The molecule has 0 N–H and O–H groups in total. The van der Waals surface area contributed by atoms with Crippen molar-refractivity contribution in [3.05, 3.63) is 0 Å². The molecule has 4 heteroatoms. The zero-order chi connectivity index (χ0) is 6.41. The van der Waals surface area contributed by atoms with Crippen LogP contribution in [0.4, 0.5) is 0 Å². The van der Waals surface area contributed by atoms with E-state index >= 15 is 0 Å².